The summed E-state index contributed by atoms with van der Waals surface area (Å²) in [5.74, 6) is 0.998. The molecule has 0 radical (unpaired) electrons. The van der Waals surface area contributed by atoms with E-state index in [1.54, 1.807) is 24.3 Å². The molecule has 1 aliphatic rings. The van der Waals surface area contributed by atoms with Crippen molar-refractivity contribution in [1.82, 2.24) is 0 Å². The van der Waals surface area contributed by atoms with E-state index in [-0.39, 0.29) is 17.2 Å². The molecule has 1 atom stereocenters. The molecule has 1 heterocycles. The second-order valence-corrected chi connectivity index (χ2v) is 10.5. The number of anilines is 2. The highest BCUT2D eigenvalue weighted by Gasteiger charge is 2.27. The van der Waals surface area contributed by atoms with E-state index in [1.165, 1.54) is 45.0 Å². The van der Waals surface area contributed by atoms with Gasteiger partial charge in [0.2, 0.25) is 11.8 Å². The van der Waals surface area contributed by atoms with Crippen LogP contribution in [0, 0.1) is 0 Å². The topological polar surface area (TPSA) is 111 Å². The van der Waals surface area contributed by atoms with Crippen LogP contribution in [-0.4, -0.2) is 45.5 Å². The molecule has 2 aromatic carbocycles. The van der Waals surface area contributed by atoms with Crippen LogP contribution in [-0.2, 0) is 19.4 Å². The predicted molar refractivity (Wildman–Crippen MR) is 120 cm³/mol. The van der Waals surface area contributed by atoms with E-state index in [4.69, 9.17) is 9.47 Å². The van der Waals surface area contributed by atoms with Crippen molar-refractivity contribution < 1.29 is 27.5 Å². The number of ether oxygens (including phenoxy) is 2. The molecule has 10 heteroatoms. The van der Waals surface area contributed by atoms with Gasteiger partial charge in [-0.3, -0.25) is 9.59 Å². The van der Waals surface area contributed by atoms with Gasteiger partial charge in [-0.25, -0.2) is 8.42 Å². The van der Waals surface area contributed by atoms with Crippen LogP contribution in [0.3, 0.4) is 0 Å². The largest absolute Gasteiger partial charge is 0.497 e. The molecule has 166 valence electrons. The minimum Gasteiger partial charge on any atom is -0.497 e. The lowest BCUT2D eigenvalue weighted by Crippen LogP contribution is -2.25. The van der Waals surface area contributed by atoms with Crippen molar-refractivity contribution in [1.29, 1.82) is 0 Å². The lowest BCUT2D eigenvalue weighted by atomic mass is 10.2. The van der Waals surface area contributed by atoms with Crippen LogP contribution in [0.1, 0.15) is 19.8 Å². The Kier molecular flexibility index (Phi) is 7.11. The Balaban J connectivity index is 1.74. The van der Waals surface area contributed by atoms with Gasteiger partial charge in [0, 0.05) is 29.6 Å². The summed E-state index contributed by atoms with van der Waals surface area (Å²) < 4.78 is 36.5. The molecule has 0 saturated carbocycles. The van der Waals surface area contributed by atoms with Crippen LogP contribution >= 0.6 is 11.8 Å². The van der Waals surface area contributed by atoms with Gasteiger partial charge in [-0.1, -0.05) is 0 Å². The zero-order valence-electron chi connectivity index (χ0n) is 17.4. The number of hydrogen-bond acceptors (Lipinski definition) is 7. The molecule has 1 aliphatic heterocycles. The van der Waals surface area contributed by atoms with Crippen LogP contribution < -0.4 is 20.1 Å². The SMILES string of the molecule is COc1ccc(NC(=O)C[C@@H](C)S(=O)(=O)c2ccc3c(c2)NC(=O)CCS3)c(OC)c1. The van der Waals surface area contributed by atoms with Gasteiger partial charge in [-0.15, -0.1) is 11.8 Å². The molecule has 31 heavy (non-hydrogen) atoms. The molecule has 0 saturated heterocycles. The summed E-state index contributed by atoms with van der Waals surface area (Å²) in [5, 5.41) is 4.46. The molecule has 0 aromatic heterocycles. The number of thioether (sulfide) groups is 1. The Morgan fingerprint density at radius 2 is 1.97 bits per heavy atom. The molecule has 2 aromatic rings. The summed E-state index contributed by atoms with van der Waals surface area (Å²) >= 11 is 1.50. The van der Waals surface area contributed by atoms with Crippen molar-refractivity contribution in [3.63, 3.8) is 0 Å². The van der Waals surface area contributed by atoms with Gasteiger partial charge in [-0.2, -0.15) is 0 Å². The van der Waals surface area contributed by atoms with Gasteiger partial charge in [0.25, 0.3) is 0 Å². The Labute approximate surface area is 185 Å². The standard InChI is InChI=1S/C21H24N2O6S2/c1-13(10-21(25)22-16-6-4-14(28-2)11-18(16)29-3)31(26,27)15-5-7-19-17(12-15)23-20(24)8-9-30-19/h4-7,11-13H,8-10H2,1-3H3,(H,22,25)(H,23,24)/t13-/m1/s1. The molecule has 0 bridgehead atoms. The van der Waals surface area contributed by atoms with E-state index in [0.717, 1.165) is 4.90 Å². The third-order valence-electron chi connectivity index (χ3n) is 4.83. The van der Waals surface area contributed by atoms with Gasteiger partial charge in [0.05, 0.1) is 35.7 Å². The van der Waals surface area contributed by atoms with Crippen LogP contribution in [0.4, 0.5) is 11.4 Å². The fourth-order valence-corrected chi connectivity index (χ4v) is 5.39. The predicted octanol–water partition coefficient (Wildman–Crippen LogP) is 3.33. The average molecular weight is 465 g/mol. The van der Waals surface area contributed by atoms with E-state index in [9.17, 15) is 18.0 Å². The smallest absolute Gasteiger partial charge is 0.225 e. The Morgan fingerprint density at radius 1 is 1.19 bits per heavy atom. The van der Waals surface area contributed by atoms with Gasteiger partial charge < -0.3 is 20.1 Å². The molecule has 0 spiro atoms. The first-order valence-corrected chi connectivity index (χ1v) is 12.1. The zero-order chi connectivity index (χ0) is 22.6. The first kappa shape index (κ1) is 23.0. The minimum atomic E-state index is -3.79. The number of hydrogen-bond donors (Lipinski definition) is 2. The monoisotopic (exact) mass is 464 g/mol. The number of benzene rings is 2. The number of fused-ring (bicyclic) bond motifs is 1. The highest BCUT2D eigenvalue weighted by atomic mass is 32.2. The summed E-state index contributed by atoms with van der Waals surface area (Å²) in [6.45, 7) is 1.49. The number of amides is 2. The number of nitrogens with one attached hydrogen (secondary N) is 2. The van der Waals surface area contributed by atoms with Gasteiger partial charge in [-0.05, 0) is 37.3 Å². The first-order chi connectivity index (χ1) is 14.7. The number of sulfone groups is 1. The van der Waals surface area contributed by atoms with E-state index in [2.05, 4.69) is 10.6 Å². The molecule has 0 fully saturated rings. The molecule has 0 aliphatic carbocycles. The molecule has 8 nitrogen and oxygen atoms in total. The highest BCUT2D eigenvalue weighted by molar-refractivity contribution is 7.99. The van der Waals surface area contributed by atoms with Crippen molar-refractivity contribution in [3.05, 3.63) is 36.4 Å². The average Bonchev–Trinajstić information content (AvgIpc) is 2.93. The van der Waals surface area contributed by atoms with Gasteiger partial charge in [0.1, 0.15) is 11.5 Å². The summed E-state index contributed by atoms with van der Waals surface area (Å²) in [4.78, 5) is 25.2. The normalized spacial score (nSPS) is 14.6. The highest BCUT2D eigenvalue weighted by Crippen LogP contribution is 2.34. The van der Waals surface area contributed by atoms with E-state index >= 15 is 0 Å². The van der Waals surface area contributed by atoms with E-state index < -0.39 is 21.0 Å². The van der Waals surface area contributed by atoms with Crippen LogP contribution in [0.25, 0.3) is 0 Å². The fourth-order valence-electron chi connectivity index (χ4n) is 3.08. The molecule has 2 N–H and O–H groups in total. The summed E-state index contributed by atoms with van der Waals surface area (Å²) in [7, 11) is -0.803. The summed E-state index contributed by atoms with van der Waals surface area (Å²) in [6.07, 6.45) is 0.128. The van der Waals surface area contributed by atoms with Crippen LogP contribution in [0.15, 0.2) is 46.2 Å². The summed E-state index contributed by atoms with van der Waals surface area (Å²) in [5.41, 5.74) is 0.899. The lowest BCUT2D eigenvalue weighted by Gasteiger charge is -2.16. The molecule has 3 rings (SSSR count). The third kappa shape index (κ3) is 5.31. The van der Waals surface area contributed by atoms with Crippen molar-refractivity contribution in [2.75, 3.05) is 30.6 Å². The maximum absolute atomic E-state index is 13.0. The van der Waals surface area contributed by atoms with Gasteiger partial charge >= 0.3 is 0 Å². The fraction of sp³-hybridized carbons (Fsp3) is 0.333. The molecular formula is C21H24N2O6S2. The van der Waals surface area contributed by atoms with Gasteiger partial charge in [0.15, 0.2) is 9.84 Å². The molecule has 2 amide bonds. The van der Waals surface area contributed by atoms with E-state index in [0.29, 0.717) is 35.0 Å². The van der Waals surface area contributed by atoms with Crippen molar-refractivity contribution >= 4 is 44.8 Å². The Hall–Kier alpha value is -2.72. The van der Waals surface area contributed by atoms with E-state index in [1.807, 2.05) is 0 Å². The lowest BCUT2D eigenvalue weighted by molar-refractivity contribution is -0.116. The van der Waals surface area contributed by atoms with Crippen LogP contribution in [0.2, 0.25) is 0 Å². The Morgan fingerprint density at radius 3 is 2.68 bits per heavy atom. The second-order valence-electron chi connectivity index (χ2n) is 6.98. The number of methoxy groups -OCH3 is 2. The molecular weight excluding hydrogens is 440 g/mol. The minimum absolute atomic E-state index is 0.0661. The van der Waals surface area contributed by atoms with Crippen molar-refractivity contribution in [2.24, 2.45) is 0 Å². The number of rotatable bonds is 7. The number of carbonyl (C=O) groups excluding carboxylic acids is 2. The van der Waals surface area contributed by atoms with Crippen molar-refractivity contribution in [3.8, 4) is 11.5 Å². The number of carbonyl (C=O) groups is 2. The first-order valence-electron chi connectivity index (χ1n) is 9.57. The second kappa shape index (κ2) is 9.61. The molecule has 0 unspecified atom stereocenters. The third-order valence-corrected chi connectivity index (χ3v) is 8.04. The Bertz CT molecular complexity index is 1100. The maximum Gasteiger partial charge on any atom is 0.225 e. The van der Waals surface area contributed by atoms with Crippen LogP contribution in [0.5, 0.6) is 11.5 Å². The van der Waals surface area contributed by atoms with Crippen molar-refractivity contribution in [2.45, 2.75) is 34.8 Å². The quantitative estimate of drug-likeness (QED) is 0.647. The zero-order valence-corrected chi connectivity index (χ0v) is 19.1. The maximum atomic E-state index is 13.0. The summed E-state index contributed by atoms with van der Waals surface area (Å²) in [6, 6.07) is 9.58.